The van der Waals surface area contributed by atoms with Gasteiger partial charge in [0, 0.05) is 45.8 Å². The van der Waals surface area contributed by atoms with Crippen molar-refractivity contribution < 1.29 is 22.0 Å². The fraction of sp³-hybridized carbons (Fsp3) is 0.667. The number of rotatable bonds is 6. The molecule has 2 aliphatic rings. The third-order valence-corrected chi connectivity index (χ3v) is 7.34. The Bertz CT molecular complexity index is 814. The van der Waals surface area contributed by atoms with Crippen LogP contribution in [0.25, 0.3) is 0 Å². The van der Waals surface area contributed by atoms with Crippen molar-refractivity contribution in [1.29, 1.82) is 0 Å². The smallest absolute Gasteiger partial charge is 0.341 e. The number of likely N-dealkylation sites (tertiary alicyclic amines) is 1. The number of nitrogens with zero attached hydrogens (tertiary/aromatic N) is 3. The number of sulfone groups is 1. The molecule has 2 heterocycles. The molecule has 0 radical (unpaired) electrons. The lowest BCUT2D eigenvalue weighted by Gasteiger charge is -2.38. The van der Waals surface area contributed by atoms with Crippen LogP contribution in [0.2, 0.25) is 0 Å². The summed E-state index contributed by atoms with van der Waals surface area (Å²) in [5.74, 6) is -2.10. The van der Waals surface area contributed by atoms with Crippen molar-refractivity contribution in [2.24, 2.45) is 11.8 Å². The molecule has 0 aromatic heterocycles. The molecule has 1 aromatic rings. The normalized spacial score (nSPS) is 24.4. The van der Waals surface area contributed by atoms with E-state index in [1.54, 1.807) is 12.1 Å². The molecule has 9 heteroatoms. The number of amides is 1. The number of piperidine rings is 1. The molecule has 3 rings (SSSR count). The van der Waals surface area contributed by atoms with Gasteiger partial charge in [-0.1, -0.05) is 26.0 Å². The highest BCUT2D eigenvalue weighted by atomic mass is 32.2. The first-order valence-corrected chi connectivity index (χ1v) is 12.0. The predicted octanol–water partition coefficient (Wildman–Crippen LogP) is 2.31. The van der Waals surface area contributed by atoms with Gasteiger partial charge < -0.3 is 4.90 Å². The molecular weight excluding hydrogens is 412 g/mol. The van der Waals surface area contributed by atoms with Crippen molar-refractivity contribution in [3.63, 3.8) is 0 Å². The maximum Gasteiger partial charge on any atom is 0.341 e. The van der Waals surface area contributed by atoms with Gasteiger partial charge in [-0.2, -0.15) is 8.78 Å². The molecule has 0 N–H and O–H groups in total. The summed E-state index contributed by atoms with van der Waals surface area (Å²) < 4.78 is 48.3. The summed E-state index contributed by atoms with van der Waals surface area (Å²) in [7, 11) is -4.55. The van der Waals surface area contributed by atoms with E-state index in [0.29, 0.717) is 24.9 Å². The molecule has 0 spiro atoms. The molecule has 30 heavy (non-hydrogen) atoms. The summed E-state index contributed by atoms with van der Waals surface area (Å²) in [6.45, 7) is 10.4. The molecule has 0 saturated carbocycles. The third kappa shape index (κ3) is 5.76. The molecule has 1 aromatic carbocycles. The Hall–Kier alpha value is -1.58. The van der Waals surface area contributed by atoms with Crippen LogP contribution in [0.5, 0.6) is 0 Å². The number of halogens is 2. The fourth-order valence-electron chi connectivity index (χ4n) is 4.41. The molecule has 1 amide bonds. The minimum absolute atomic E-state index is 0.206. The summed E-state index contributed by atoms with van der Waals surface area (Å²) in [5, 5.41) is 0. The van der Waals surface area contributed by atoms with E-state index >= 15 is 0 Å². The quantitative estimate of drug-likeness (QED) is 0.675. The van der Waals surface area contributed by atoms with Crippen LogP contribution in [0.4, 0.5) is 8.78 Å². The van der Waals surface area contributed by atoms with Gasteiger partial charge in [0.25, 0.3) is 0 Å². The molecular formula is C21H31F2N3O3S. The summed E-state index contributed by atoms with van der Waals surface area (Å²) >= 11 is 0. The monoisotopic (exact) mass is 443 g/mol. The zero-order valence-corrected chi connectivity index (χ0v) is 18.5. The van der Waals surface area contributed by atoms with Gasteiger partial charge in [0.1, 0.15) is 0 Å². The van der Waals surface area contributed by atoms with Gasteiger partial charge in [0.15, 0.2) is 0 Å². The van der Waals surface area contributed by atoms with E-state index in [2.05, 4.69) is 23.6 Å². The summed E-state index contributed by atoms with van der Waals surface area (Å²) in [4.78, 5) is 18.7. The Labute approximate surface area is 177 Å². The highest BCUT2D eigenvalue weighted by molar-refractivity contribution is 7.91. The van der Waals surface area contributed by atoms with Gasteiger partial charge in [0.2, 0.25) is 15.7 Å². The highest BCUT2D eigenvalue weighted by Crippen LogP contribution is 2.22. The van der Waals surface area contributed by atoms with E-state index in [4.69, 9.17) is 0 Å². The minimum Gasteiger partial charge on any atom is -0.341 e. The molecule has 2 unspecified atom stereocenters. The van der Waals surface area contributed by atoms with E-state index in [1.165, 1.54) is 18.6 Å². The van der Waals surface area contributed by atoms with E-state index in [9.17, 15) is 22.0 Å². The van der Waals surface area contributed by atoms with Crippen molar-refractivity contribution in [1.82, 2.24) is 14.7 Å². The molecule has 2 fully saturated rings. The maximum absolute atomic E-state index is 12.7. The average molecular weight is 444 g/mol. The lowest BCUT2D eigenvalue weighted by atomic mass is 9.92. The summed E-state index contributed by atoms with van der Waals surface area (Å²) in [5.41, 5.74) is 0.879. The van der Waals surface area contributed by atoms with Gasteiger partial charge in [-0.3, -0.25) is 14.6 Å². The third-order valence-electron chi connectivity index (χ3n) is 5.94. The lowest BCUT2D eigenvalue weighted by molar-refractivity contribution is -0.135. The Morgan fingerprint density at radius 2 is 1.53 bits per heavy atom. The van der Waals surface area contributed by atoms with Gasteiger partial charge in [-0.25, -0.2) is 8.42 Å². The van der Waals surface area contributed by atoms with Crippen molar-refractivity contribution in [3.8, 4) is 0 Å². The van der Waals surface area contributed by atoms with Crippen LogP contribution in [0.15, 0.2) is 29.2 Å². The number of alkyl halides is 2. The van der Waals surface area contributed by atoms with Crippen molar-refractivity contribution >= 4 is 15.7 Å². The van der Waals surface area contributed by atoms with Gasteiger partial charge in [-0.05, 0) is 36.0 Å². The van der Waals surface area contributed by atoms with Crippen LogP contribution in [0, 0.1) is 11.8 Å². The molecule has 2 atom stereocenters. The van der Waals surface area contributed by atoms with Crippen molar-refractivity contribution in [2.45, 2.75) is 37.5 Å². The maximum atomic E-state index is 12.7. The molecule has 0 aliphatic carbocycles. The Morgan fingerprint density at radius 1 is 1.00 bits per heavy atom. The zero-order valence-electron chi connectivity index (χ0n) is 17.6. The Kier molecular flexibility index (Phi) is 7.47. The van der Waals surface area contributed by atoms with Gasteiger partial charge in [0.05, 0.1) is 11.4 Å². The second kappa shape index (κ2) is 9.70. The van der Waals surface area contributed by atoms with E-state index in [0.717, 1.165) is 44.8 Å². The first-order valence-electron chi connectivity index (χ1n) is 10.5. The van der Waals surface area contributed by atoms with Crippen LogP contribution < -0.4 is 0 Å². The summed E-state index contributed by atoms with van der Waals surface area (Å²) in [6, 6.07) is 5.66. The summed E-state index contributed by atoms with van der Waals surface area (Å²) in [6.07, 6.45) is 1.18. The van der Waals surface area contributed by atoms with Gasteiger partial charge in [-0.15, -0.1) is 0 Å². The molecule has 0 bridgehead atoms. The lowest BCUT2D eigenvalue weighted by Crippen LogP contribution is -2.51. The number of piperazine rings is 1. The minimum atomic E-state index is -4.55. The Balaban J connectivity index is 1.46. The molecule has 2 aliphatic heterocycles. The van der Waals surface area contributed by atoms with Crippen LogP contribution in [-0.2, 0) is 21.2 Å². The zero-order chi connectivity index (χ0) is 21.9. The number of carbonyl (C=O) groups excluding carboxylic acids is 1. The highest BCUT2D eigenvalue weighted by Gasteiger charge is 2.28. The van der Waals surface area contributed by atoms with Crippen LogP contribution >= 0.6 is 0 Å². The number of hydrogen-bond donors (Lipinski definition) is 0. The first kappa shape index (κ1) is 23.1. The first-order chi connectivity index (χ1) is 14.1. The van der Waals surface area contributed by atoms with E-state index in [-0.39, 0.29) is 10.8 Å². The topological polar surface area (TPSA) is 60.9 Å². The largest absolute Gasteiger partial charge is 0.341 e. The van der Waals surface area contributed by atoms with Crippen molar-refractivity contribution in [3.05, 3.63) is 29.8 Å². The second-order valence-electron chi connectivity index (χ2n) is 8.75. The SMILES string of the molecule is CC1CC(C)CN(C(=O)CN2CCN(Cc3ccc(S(=O)(=O)C(F)F)cc3)CC2)C1. The average Bonchev–Trinajstić information content (AvgIpc) is 2.69. The van der Waals surface area contributed by atoms with Gasteiger partial charge >= 0.3 is 5.76 Å². The van der Waals surface area contributed by atoms with Crippen LogP contribution in [0.1, 0.15) is 25.8 Å². The predicted molar refractivity (Wildman–Crippen MR) is 111 cm³/mol. The molecule has 6 nitrogen and oxygen atoms in total. The van der Waals surface area contributed by atoms with Crippen molar-refractivity contribution in [2.75, 3.05) is 45.8 Å². The fourth-order valence-corrected chi connectivity index (χ4v) is 5.13. The van der Waals surface area contributed by atoms with E-state index < -0.39 is 15.6 Å². The standard InChI is InChI=1S/C21H31F2N3O3S/c1-16-11-17(2)13-26(12-16)20(27)15-25-9-7-24(8-10-25)14-18-3-5-19(6-4-18)30(28,29)21(22)23/h3-6,16-17,21H,7-15H2,1-2H3. The number of carbonyl (C=O) groups is 1. The second-order valence-corrected chi connectivity index (χ2v) is 10.7. The van der Waals surface area contributed by atoms with Crippen LogP contribution in [-0.4, -0.2) is 80.6 Å². The van der Waals surface area contributed by atoms with E-state index in [1.807, 2.05) is 4.90 Å². The number of hydrogen-bond acceptors (Lipinski definition) is 5. The Morgan fingerprint density at radius 3 is 2.07 bits per heavy atom. The molecule has 168 valence electrons. The number of benzene rings is 1. The molecule has 2 saturated heterocycles. The van der Waals surface area contributed by atoms with Crippen LogP contribution in [0.3, 0.4) is 0 Å².